The number of hydrogen-bond acceptors (Lipinski definition) is 4. The maximum Gasteiger partial charge on any atom is 0.326 e. The van der Waals surface area contributed by atoms with E-state index < -0.39 is 30.2 Å². The second-order valence-electron chi connectivity index (χ2n) is 3.66. The van der Waals surface area contributed by atoms with Gasteiger partial charge in [-0.25, -0.2) is 4.79 Å². The molecule has 0 heterocycles. The topological polar surface area (TPSA) is 122 Å². The molecular weight excluding hydrogens is 214 g/mol. The van der Waals surface area contributed by atoms with Gasteiger partial charge in [0.25, 0.3) is 0 Å². The van der Waals surface area contributed by atoms with Crippen LogP contribution in [0, 0.1) is 0 Å². The van der Waals surface area contributed by atoms with E-state index in [1.165, 1.54) is 0 Å². The third kappa shape index (κ3) is 6.77. The summed E-state index contributed by atoms with van der Waals surface area (Å²) in [6, 6.07) is -1.15. The summed E-state index contributed by atoms with van der Waals surface area (Å²) in [4.78, 5) is 32.5. The Kier molecular flexibility index (Phi) is 6.09. The molecule has 0 rings (SSSR count). The van der Waals surface area contributed by atoms with Gasteiger partial charge in [0.05, 0.1) is 13.0 Å². The van der Waals surface area contributed by atoms with Gasteiger partial charge in [0.15, 0.2) is 0 Å². The number of carbonyl (C=O) groups excluding carboxylic acids is 2. The standard InChI is InChI=1S/C9H17N3O4/c1-5(2)11-4-8(14)12-6(9(15)16)3-7(10)13/h5-6,11H,3-4H2,1-2H3,(H2,10,13)(H,12,14)(H,15,16)/t6-/m0/s1. The number of rotatable bonds is 7. The Bertz CT molecular complexity index is 278. The average Bonchev–Trinajstić information content (AvgIpc) is 2.12. The number of aliphatic carboxylic acids is 1. The molecule has 0 aromatic rings. The largest absolute Gasteiger partial charge is 0.480 e. The van der Waals surface area contributed by atoms with Crippen molar-refractivity contribution in [1.29, 1.82) is 0 Å². The summed E-state index contributed by atoms with van der Waals surface area (Å²) in [5.74, 6) is -2.54. The summed E-state index contributed by atoms with van der Waals surface area (Å²) in [5.41, 5.74) is 4.86. The van der Waals surface area contributed by atoms with Crippen LogP contribution in [0.15, 0.2) is 0 Å². The molecule has 1 atom stereocenters. The van der Waals surface area contributed by atoms with Crippen molar-refractivity contribution < 1.29 is 19.5 Å². The second-order valence-corrected chi connectivity index (χ2v) is 3.66. The van der Waals surface area contributed by atoms with Crippen LogP contribution in [0.3, 0.4) is 0 Å². The summed E-state index contributed by atoms with van der Waals surface area (Å²) in [7, 11) is 0. The lowest BCUT2D eigenvalue weighted by atomic mass is 10.2. The predicted molar refractivity (Wildman–Crippen MR) is 56.5 cm³/mol. The second kappa shape index (κ2) is 6.78. The van der Waals surface area contributed by atoms with Gasteiger partial charge in [-0.2, -0.15) is 0 Å². The summed E-state index contributed by atoms with van der Waals surface area (Å²) in [5, 5.41) is 13.7. The molecule has 0 saturated heterocycles. The molecule has 0 unspecified atom stereocenters. The number of carboxylic acid groups (broad SMARTS) is 1. The van der Waals surface area contributed by atoms with Crippen LogP contribution in [0.25, 0.3) is 0 Å². The molecule has 5 N–H and O–H groups in total. The van der Waals surface area contributed by atoms with Gasteiger partial charge in [-0.3, -0.25) is 9.59 Å². The van der Waals surface area contributed by atoms with Crippen LogP contribution >= 0.6 is 0 Å². The highest BCUT2D eigenvalue weighted by Crippen LogP contribution is 1.91. The third-order valence-electron chi connectivity index (χ3n) is 1.71. The molecule has 0 aromatic heterocycles. The first-order chi connectivity index (χ1) is 7.32. The molecule has 0 aliphatic carbocycles. The van der Waals surface area contributed by atoms with Gasteiger partial charge in [-0.1, -0.05) is 13.8 Å². The molecule has 0 spiro atoms. The van der Waals surface area contributed by atoms with Gasteiger partial charge in [0.2, 0.25) is 11.8 Å². The van der Waals surface area contributed by atoms with Crippen molar-refractivity contribution in [3.63, 3.8) is 0 Å². The highest BCUT2D eigenvalue weighted by Gasteiger charge is 2.21. The number of carboxylic acids is 1. The molecule has 2 amide bonds. The van der Waals surface area contributed by atoms with Gasteiger partial charge in [-0.15, -0.1) is 0 Å². The molecule has 0 bridgehead atoms. The van der Waals surface area contributed by atoms with Crippen molar-refractivity contribution in [2.75, 3.05) is 6.54 Å². The SMILES string of the molecule is CC(C)NCC(=O)N[C@@H](CC(N)=O)C(=O)O. The molecule has 0 aromatic carbocycles. The van der Waals surface area contributed by atoms with Gasteiger partial charge < -0.3 is 21.5 Å². The fourth-order valence-corrected chi connectivity index (χ4v) is 0.943. The number of primary amides is 1. The van der Waals surface area contributed by atoms with Crippen molar-refractivity contribution >= 4 is 17.8 Å². The zero-order chi connectivity index (χ0) is 12.7. The van der Waals surface area contributed by atoms with E-state index in [0.29, 0.717) is 0 Å². The van der Waals surface area contributed by atoms with E-state index in [1.54, 1.807) is 0 Å². The maximum absolute atomic E-state index is 11.3. The Morgan fingerprint density at radius 2 is 1.88 bits per heavy atom. The molecule has 7 heteroatoms. The van der Waals surface area contributed by atoms with Crippen LogP contribution in [-0.2, 0) is 14.4 Å². The van der Waals surface area contributed by atoms with E-state index >= 15 is 0 Å². The van der Waals surface area contributed by atoms with Crippen molar-refractivity contribution in [2.24, 2.45) is 5.73 Å². The normalized spacial score (nSPS) is 12.2. The Morgan fingerprint density at radius 3 is 2.25 bits per heavy atom. The minimum atomic E-state index is -1.28. The molecule has 0 aliphatic rings. The molecular formula is C9H17N3O4. The van der Waals surface area contributed by atoms with Gasteiger partial charge in [-0.05, 0) is 0 Å². The molecule has 92 valence electrons. The van der Waals surface area contributed by atoms with Crippen LogP contribution < -0.4 is 16.4 Å². The van der Waals surface area contributed by atoms with Crippen LogP contribution in [0.1, 0.15) is 20.3 Å². The smallest absolute Gasteiger partial charge is 0.326 e. The predicted octanol–water partition coefficient (Wildman–Crippen LogP) is -1.57. The van der Waals surface area contributed by atoms with Crippen LogP contribution in [-0.4, -0.2) is 41.5 Å². The van der Waals surface area contributed by atoms with E-state index in [2.05, 4.69) is 10.6 Å². The quantitative estimate of drug-likeness (QED) is 0.421. The average molecular weight is 231 g/mol. The lowest BCUT2D eigenvalue weighted by molar-refractivity contribution is -0.143. The van der Waals surface area contributed by atoms with Gasteiger partial charge >= 0.3 is 5.97 Å². The summed E-state index contributed by atoms with van der Waals surface area (Å²) in [6.07, 6.45) is -0.414. The number of nitrogens with one attached hydrogen (secondary N) is 2. The zero-order valence-electron chi connectivity index (χ0n) is 9.32. The lowest BCUT2D eigenvalue weighted by Crippen LogP contribution is -2.47. The molecule has 0 fully saturated rings. The highest BCUT2D eigenvalue weighted by atomic mass is 16.4. The first kappa shape index (κ1) is 14.4. The first-order valence-electron chi connectivity index (χ1n) is 4.86. The Morgan fingerprint density at radius 1 is 1.31 bits per heavy atom. The minimum Gasteiger partial charge on any atom is -0.480 e. The molecule has 7 nitrogen and oxygen atoms in total. The molecule has 0 radical (unpaired) electrons. The molecule has 16 heavy (non-hydrogen) atoms. The number of hydrogen-bond donors (Lipinski definition) is 4. The summed E-state index contributed by atoms with van der Waals surface area (Å²) in [6.45, 7) is 3.71. The maximum atomic E-state index is 11.3. The van der Waals surface area contributed by atoms with E-state index in [-0.39, 0.29) is 12.6 Å². The number of amides is 2. The number of nitrogens with two attached hydrogens (primary N) is 1. The fourth-order valence-electron chi connectivity index (χ4n) is 0.943. The Hall–Kier alpha value is -1.63. The van der Waals surface area contributed by atoms with E-state index in [0.717, 1.165) is 0 Å². The van der Waals surface area contributed by atoms with Crippen LogP contribution in [0.5, 0.6) is 0 Å². The van der Waals surface area contributed by atoms with Crippen LogP contribution in [0.2, 0.25) is 0 Å². The van der Waals surface area contributed by atoms with Crippen molar-refractivity contribution in [3.8, 4) is 0 Å². The van der Waals surface area contributed by atoms with Crippen LogP contribution in [0.4, 0.5) is 0 Å². The minimum absolute atomic E-state index is 0.000207. The summed E-state index contributed by atoms with van der Waals surface area (Å²) >= 11 is 0. The number of carbonyl (C=O) groups is 3. The monoisotopic (exact) mass is 231 g/mol. The van der Waals surface area contributed by atoms with Crippen molar-refractivity contribution in [1.82, 2.24) is 10.6 Å². The molecule has 0 aliphatic heterocycles. The highest BCUT2D eigenvalue weighted by molar-refractivity contribution is 5.88. The van der Waals surface area contributed by atoms with Gasteiger partial charge in [0, 0.05) is 6.04 Å². The lowest BCUT2D eigenvalue weighted by Gasteiger charge is -2.14. The zero-order valence-corrected chi connectivity index (χ0v) is 9.32. The first-order valence-corrected chi connectivity index (χ1v) is 4.86. The van der Waals surface area contributed by atoms with E-state index in [1.807, 2.05) is 13.8 Å². The Balaban J connectivity index is 4.13. The fraction of sp³-hybridized carbons (Fsp3) is 0.667. The van der Waals surface area contributed by atoms with Gasteiger partial charge in [0.1, 0.15) is 6.04 Å². The van der Waals surface area contributed by atoms with E-state index in [4.69, 9.17) is 10.8 Å². The third-order valence-corrected chi connectivity index (χ3v) is 1.71. The van der Waals surface area contributed by atoms with Crippen molar-refractivity contribution in [3.05, 3.63) is 0 Å². The Labute approximate surface area is 93.4 Å². The van der Waals surface area contributed by atoms with E-state index in [9.17, 15) is 14.4 Å². The molecule has 0 saturated carbocycles. The summed E-state index contributed by atoms with van der Waals surface area (Å²) < 4.78 is 0. The van der Waals surface area contributed by atoms with Crippen molar-refractivity contribution in [2.45, 2.75) is 32.4 Å².